The van der Waals surface area contributed by atoms with Crippen LogP contribution in [0.1, 0.15) is 88.8 Å². The second-order valence-electron chi connectivity index (χ2n) is 8.85. The fourth-order valence-corrected chi connectivity index (χ4v) is 4.59. The van der Waals surface area contributed by atoms with Gasteiger partial charge in [0.05, 0.1) is 6.20 Å². The zero-order chi connectivity index (χ0) is 18.2. The summed E-state index contributed by atoms with van der Waals surface area (Å²) in [6.45, 7) is 14.0. The largest absolute Gasteiger partial charge is 0.357 e. The van der Waals surface area contributed by atoms with Gasteiger partial charge in [-0.3, -0.25) is 0 Å². The minimum Gasteiger partial charge on any atom is -0.357 e. The summed E-state index contributed by atoms with van der Waals surface area (Å²) in [6, 6.07) is 6.86. The van der Waals surface area contributed by atoms with Crippen LogP contribution >= 0.6 is 0 Å². The highest BCUT2D eigenvalue weighted by molar-refractivity contribution is 5.81. The fourth-order valence-electron chi connectivity index (χ4n) is 4.59. The predicted molar refractivity (Wildman–Crippen MR) is 106 cm³/mol. The Morgan fingerprint density at radius 2 is 1.84 bits per heavy atom. The van der Waals surface area contributed by atoms with Gasteiger partial charge in [0.2, 0.25) is 0 Å². The molecule has 0 saturated carbocycles. The molecule has 0 radical (unpaired) electrons. The van der Waals surface area contributed by atoms with Gasteiger partial charge in [0.1, 0.15) is 0 Å². The second kappa shape index (κ2) is 6.48. The van der Waals surface area contributed by atoms with Crippen molar-refractivity contribution < 1.29 is 4.52 Å². The highest BCUT2D eigenvalue weighted by atomic mass is 16.5. The molecule has 0 fully saturated rings. The lowest BCUT2D eigenvalue weighted by atomic mass is 9.82. The quantitative estimate of drug-likeness (QED) is 0.619. The van der Waals surface area contributed by atoms with E-state index >= 15 is 0 Å². The Hall–Kier alpha value is -1.83. The number of benzene rings is 1. The SMILES string of the molecule is CCCCc1cc2c(cc1/C(C)=C/c1ccno1)C(C)(C)CC2(C)C. The third kappa shape index (κ3) is 3.44. The van der Waals surface area contributed by atoms with Crippen molar-refractivity contribution in [2.75, 3.05) is 0 Å². The number of hydrogen-bond donors (Lipinski definition) is 0. The Morgan fingerprint density at radius 1 is 1.16 bits per heavy atom. The lowest BCUT2D eigenvalue weighted by Crippen LogP contribution is -2.18. The van der Waals surface area contributed by atoms with Crippen LogP contribution in [-0.4, -0.2) is 5.16 Å². The van der Waals surface area contributed by atoms with Crippen molar-refractivity contribution >= 4 is 11.6 Å². The molecule has 1 heterocycles. The van der Waals surface area contributed by atoms with Gasteiger partial charge in [-0.25, -0.2) is 0 Å². The van der Waals surface area contributed by atoms with Crippen LogP contribution in [0.4, 0.5) is 0 Å². The van der Waals surface area contributed by atoms with Crippen LogP contribution in [0.5, 0.6) is 0 Å². The first-order valence-electron chi connectivity index (χ1n) is 9.52. The van der Waals surface area contributed by atoms with E-state index in [-0.39, 0.29) is 10.8 Å². The van der Waals surface area contributed by atoms with Crippen LogP contribution in [0.25, 0.3) is 11.6 Å². The van der Waals surface area contributed by atoms with Crippen LogP contribution in [0.15, 0.2) is 28.9 Å². The molecule has 25 heavy (non-hydrogen) atoms. The average Bonchev–Trinajstić information content (AvgIpc) is 3.09. The van der Waals surface area contributed by atoms with Gasteiger partial charge in [-0.05, 0) is 70.9 Å². The normalized spacial score (nSPS) is 18.4. The van der Waals surface area contributed by atoms with Crippen molar-refractivity contribution in [1.82, 2.24) is 5.16 Å². The molecule has 134 valence electrons. The van der Waals surface area contributed by atoms with Crippen molar-refractivity contribution in [2.45, 2.75) is 78.1 Å². The van der Waals surface area contributed by atoms with E-state index in [1.165, 1.54) is 41.5 Å². The molecule has 1 aromatic carbocycles. The number of unbranched alkanes of at least 4 members (excludes halogenated alkanes) is 1. The number of fused-ring (bicyclic) bond motifs is 1. The number of rotatable bonds is 5. The van der Waals surface area contributed by atoms with Crippen LogP contribution in [0, 0.1) is 0 Å². The molecule has 1 aliphatic carbocycles. The van der Waals surface area contributed by atoms with Gasteiger partial charge in [-0.1, -0.05) is 58.3 Å². The Kier molecular flexibility index (Phi) is 4.66. The molecule has 1 aliphatic rings. The molecule has 0 spiro atoms. The van der Waals surface area contributed by atoms with Crippen molar-refractivity contribution in [2.24, 2.45) is 0 Å². The highest BCUT2D eigenvalue weighted by Gasteiger charge is 2.42. The monoisotopic (exact) mass is 337 g/mol. The van der Waals surface area contributed by atoms with Gasteiger partial charge in [-0.2, -0.15) is 0 Å². The minimum atomic E-state index is 0.226. The summed E-state index contributed by atoms with van der Waals surface area (Å²) in [4.78, 5) is 0. The number of allylic oxidation sites excluding steroid dienone is 1. The van der Waals surface area contributed by atoms with Crippen molar-refractivity contribution in [3.63, 3.8) is 0 Å². The van der Waals surface area contributed by atoms with E-state index in [1.54, 1.807) is 11.8 Å². The third-order valence-corrected chi connectivity index (χ3v) is 5.63. The highest BCUT2D eigenvalue weighted by Crippen LogP contribution is 2.50. The van der Waals surface area contributed by atoms with Crippen LogP contribution in [0.2, 0.25) is 0 Å². The van der Waals surface area contributed by atoms with Crippen LogP contribution in [-0.2, 0) is 17.3 Å². The Labute approximate surface area is 152 Å². The third-order valence-electron chi connectivity index (χ3n) is 5.63. The number of hydrogen-bond acceptors (Lipinski definition) is 2. The number of aryl methyl sites for hydroxylation is 1. The maximum Gasteiger partial charge on any atom is 0.159 e. The molecule has 0 aliphatic heterocycles. The van der Waals surface area contributed by atoms with E-state index in [1.807, 2.05) is 6.07 Å². The average molecular weight is 338 g/mol. The summed E-state index contributed by atoms with van der Waals surface area (Å²) < 4.78 is 5.29. The molecule has 0 bridgehead atoms. The maximum atomic E-state index is 5.29. The number of aromatic nitrogens is 1. The lowest BCUT2D eigenvalue weighted by molar-refractivity contribution is 0.403. The molecule has 0 atom stereocenters. The summed E-state index contributed by atoms with van der Waals surface area (Å²) in [5, 5.41) is 3.82. The van der Waals surface area contributed by atoms with Crippen LogP contribution in [0.3, 0.4) is 0 Å². The maximum absolute atomic E-state index is 5.29. The van der Waals surface area contributed by atoms with E-state index < -0.39 is 0 Å². The summed E-state index contributed by atoms with van der Waals surface area (Å²) in [5.74, 6) is 0.819. The molecule has 2 heteroatoms. The lowest BCUT2D eigenvalue weighted by Gasteiger charge is -2.22. The second-order valence-corrected chi connectivity index (χ2v) is 8.85. The molecular weight excluding hydrogens is 306 g/mol. The molecule has 0 amide bonds. The first kappa shape index (κ1) is 18.0. The fraction of sp³-hybridized carbons (Fsp3) is 0.522. The summed E-state index contributed by atoms with van der Waals surface area (Å²) in [5.41, 5.74) is 7.63. The predicted octanol–water partition coefficient (Wildman–Crippen LogP) is 6.54. The van der Waals surface area contributed by atoms with E-state index in [0.717, 1.165) is 12.2 Å². The molecule has 0 N–H and O–H groups in total. The van der Waals surface area contributed by atoms with Crippen molar-refractivity contribution in [3.8, 4) is 0 Å². The number of nitrogens with zero attached hydrogens (tertiary/aromatic N) is 1. The van der Waals surface area contributed by atoms with E-state index in [9.17, 15) is 0 Å². The Balaban J connectivity index is 2.14. The Morgan fingerprint density at radius 3 is 2.44 bits per heavy atom. The van der Waals surface area contributed by atoms with Crippen molar-refractivity contribution in [1.29, 1.82) is 0 Å². The van der Waals surface area contributed by atoms with E-state index in [2.05, 4.69) is 64.9 Å². The summed E-state index contributed by atoms with van der Waals surface area (Å²) in [6.07, 6.45) is 8.60. The molecule has 3 rings (SSSR count). The van der Waals surface area contributed by atoms with Crippen molar-refractivity contribution in [3.05, 3.63) is 52.4 Å². The molecule has 2 aromatic rings. The van der Waals surface area contributed by atoms with Gasteiger partial charge < -0.3 is 4.52 Å². The van der Waals surface area contributed by atoms with Gasteiger partial charge in [0.25, 0.3) is 0 Å². The van der Waals surface area contributed by atoms with E-state index in [0.29, 0.717) is 0 Å². The molecule has 2 nitrogen and oxygen atoms in total. The molecular formula is C23H31NO. The van der Waals surface area contributed by atoms with Gasteiger partial charge in [0.15, 0.2) is 5.76 Å². The molecule has 1 aromatic heterocycles. The van der Waals surface area contributed by atoms with Gasteiger partial charge >= 0.3 is 0 Å². The molecule has 0 unspecified atom stereocenters. The van der Waals surface area contributed by atoms with E-state index in [4.69, 9.17) is 4.52 Å². The zero-order valence-electron chi connectivity index (χ0n) is 16.6. The van der Waals surface area contributed by atoms with Gasteiger partial charge in [-0.15, -0.1) is 0 Å². The topological polar surface area (TPSA) is 26.0 Å². The van der Waals surface area contributed by atoms with Crippen LogP contribution < -0.4 is 0 Å². The summed E-state index contributed by atoms with van der Waals surface area (Å²) in [7, 11) is 0. The zero-order valence-corrected chi connectivity index (χ0v) is 16.6. The van der Waals surface area contributed by atoms with Gasteiger partial charge in [0, 0.05) is 6.07 Å². The smallest absolute Gasteiger partial charge is 0.159 e. The summed E-state index contributed by atoms with van der Waals surface area (Å²) >= 11 is 0. The first-order chi connectivity index (χ1) is 11.7. The molecule has 0 saturated heterocycles. The standard InChI is InChI=1S/C23H31NO/c1-7-8-9-17-13-20-21(23(5,6)15-22(20,3)4)14-19(17)16(2)12-18-10-11-24-25-18/h10-14H,7-9,15H2,1-6H3/b16-12+. The minimum absolute atomic E-state index is 0.226. The Bertz CT molecular complexity index is 779. The first-order valence-corrected chi connectivity index (χ1v) is 9.52.